The van der Waals surface area contributed by atoms with Crippen LogP contribution in [-0.2, 0) is 4.74 Å². The van der Waals surface area contributed by atoms with Gasteiger partial charge >= 0.3 is 6.09 Å². The molecule has 1 saturated heterocycles. The molecule has 3 heterocycles. The van der Waals surface area contributed by atoms with E-state index in [4.69, 9.17) is 4.74 Å². The van der Waals surface area contributed by atoms with Crippen molar-refractivity contribution in [2.24, 2.45) is 0 Å². The molecule has 0 saturated carbocycles. The maximum absolute atomic E-state index is 13.8. The SMILES string of the molecule is Cc1cccc(C(=O)c2c(NC3CN(C(=O)OC(C)(C)C)C3)sc3c2ccc(=O)n3-c2ccccc2)c1. The second-order valence-corrected chi connectivity index (χ2v) is 11.3. The highest BCUT2D eigenvalue weighted by Gasteiger charge is 2.35. The number of carbonyl (C=O) groups excluding carboxylic acids is 2. The Labute approximate surface area is 219 Å². The highest BCUT2D eigenvalue weighted by Crippen LogP contribution is 2.38. The zero-order chi connectivity index (χ0) is 26.3. The molecule has 37 heavy (non-hydrogen) atoms. The number of benzene rings is 2. The van der Waals surface area contributed by atoms with E-state index >= 15 is 0 Å². The number of amides is 1. The number of hydrogen-bond donors (Lipinski definition) is 1. The topological polar surface area (TPSA) is 80.6 Å². The van der Waals surface area contributed by atoms with Crippen molar-refractivity contribution in [3.8, 4) is 5.69 Å². The molecule has 0 spiro atoms. The summed E-state index contributed by atoms with van der Waals surface area (Å²) in [6.45, 7) is 8.40. The number of fused-ring (bicyclic) bond motifs is 1. The van der Waals surface area contributed by atoms with Crippen molar-refractivity contribution in [3.05, 3.63) is 93.8 Å². The number of hydrogen-bond acceptors (Lipinski definition) is 6. The summed E-state index contributed by atoms with van der Waals surface area (Å²) >= 11 is 1.38. The second-order valence-electron chi connectivity index (χ2n) is 10.3. The standard InChI is InChI=1S/C29H29N3O4S/c1-18-9-8-10-19(15-18)25(34)24-22-13-14-23(33)32(21-11-6-5-7-12-21)27(22)37-26(24)30-20-16-31(17-20)28(35)36-29(2,3)4/h5-15,20,30H,16-17H2,1-4H3. The molecule has 2 aromatic heterocycles. The molecule has 2 aromatic carbocycles. The Morgan fingerprint density at radius 1 is 1.00 bits per heavy atom. The maximum atomic E-state index is 13.8. The zero-order valence-electron chi connectivity index (χ0n) is 21.3. The molecule has 190 valence electrons. The van der Waals surface area contributed by atoms with Crippen LogP contribution in [0, 0.1) is 6.92 Å². The first kappa shape index (κ1) is 24.8. The van der Waals surface area contributed by atoms with E-state index in [9.17, 15) is 14.4 Å². The van der Waals surface area contributed by atoms with E-state index in [2.05, 4.69) is 5.32 Å². The lowest BCUT2D eigenvalue weighted by Gasteiger charge is -2.40. The largest absolute Gasteiger partial charge is 0.444 e. The summed E-state index contributed by atoms with van der Waals surface area (Å²) in [5.41, 5.74) is 2.12. The number of para-hydroxylation sites is 1. The zero-order valence-corrected chi connectivity index (χ0v) is 22.1. The quantitative estimate of drug-likeness (QED) is 0.349. The molecule has 8 heteroatoms. The average Bonchev–Trinajstić information content (AvgIpc) is 3.17. The predicted molar refractivity (Wildman–Crippen MR) is 147 cm³/mol. The number of aryl methyl sites for hydroxylation is 1. The van der Waals surface area contributed by atoms with Crippen molar-refractivity contribution in [2.75, 3.05) is 18.4 Å². The molecular formula is C29H29N3O4S. The molecule has 0 atom stereocenters. The summed E-state index contributed by atoms with van der Waals surface area (Å²) in [6.07, 6.45) is -0.351. The molecule has 5 rings (SSSR count). The summed E-state index contributed by atoms with van der Waals surface area (Å²) in [5.74, 6) is -0.112. The molecule has 1 fully saturated rings. The van der Waals surface area contributed by atoms with Gasteiger partial charge in [0.05, 0.1) is 17.3 Å². The Balaban J connectivity index is 1.55. The number of aromatic nitrogens is 1. The number of rotatable bonds is 5. The first-order valence-electron chi connectivity index (χ1n) is 12.2. The third kappa shape index (κ3) is 5.02. The van der Waals surface area contributed by atoms with Crippen LogP contribution >= 0.6 is 11.3 Å². The number of nitrogens with zero attached hydrogens (tertiary/aromatic N) is 2. The van der Waals surface area contributed by atoms with Gasteiger partial charge in [-0.05, 0) is 52.0 Å². The number of ketones is 1. The third-order valence-electron chi connectivity index (χ3n) is 6.13. The van der Waals surface area contributed by atoms with Gasteiger partial charge in [-0.25, -0.2) is 4.79 Å². The van der Waals surface area contributed by atoms with Crippen LogP contribution in [0.1, 0.15) is 42.3 Å². The monoisotopic (exact) mass is 515 g/mol. The van der Waals surface area contributed by atoms with E-state index in [1.807, 2.05) is 82.3 Å². The molecule has 1 N–H and O–H groups in total. The Morgan fingerprint density at radius 3 is 2.41 bits per heavy atom. The lowest BCUT2D eigenvalue weighted by molar-refractivity contribution is 0.0105. The number of ether oxygens (including phenoxy) is 1. The van der Waals surface area contributed by atoms with Gasteiger partial charge in [-0.1, -0.05) is 53.3 Å². The molecule has 1 aliphatic heterocycles. The number of anilines is 1. The lowest BCUT2D eigenvalue weighted by atomic mass is 10.0. The molecule has 4 aromatic rings. The van der Waals surface area contributed by atoms with Gasteiger partial charge in [-0.2, -0.15) is 0 Å². The minimum absolute atomic E-state index is 0.0402. The Hall–Kier alpha value is -3.91. The molecule has 1 amide bonds. The van der Waals surface area contributed by atoms with Gasteiger partial charge in [0.15, 0.2) is 5.78 Å². The Kier molecular flexibility index (Phi) is 6.37. The van der Waals surface area contributed by atoms with E-state index < -0.39 is 5.60 Å². The molecule has 0 bridgehead atoms. The summed E-state index contributed by atoms with van der Waals surface area (Å²) in [7, 11) is 0. The van der Waals surface area contributed by atoms with Gasteiger partial charge in [0, 0.05) is 30.1 Å². The number of pyridine rings is 1. The number of nitrogens with one attached hydrogen (secondary N) is 1. The van der Waals surface area contributed by atoms with E-state index in [0.29, 0.717) is 39.4 Å². The fourth-order valence-electron chi connectivity index (χ4n) is 4.39. The van der Waals surface area contributed by atoms with Crippen LogP contribution in [0.25, 0.3) is 15.9 Å². The van der Waals surface area contributed by atoms with Crippen molar-refractivity contribution in [3.63, 3.8) is 0 Å². The third-order valence-corrected chi connectivity index (χ3v) is 7.25. The highest BCUT2D eigenvalue weighted by molar-refractivity contribution is 7.23. The van der Waals surface area contributed by atoms with Gasteiger partial charge in [0.2, 0.25) is 0 Å². The fourth-order valence-corrected chi connectivity index (χ4v) is 5.68. The predicted octanol–water partition coefficient (Wildman–Crippen LogP) is 5.62. The van der Waals surface area contributed by atoms with Gasteiger partial charge < -0.3 is 15.0 Å². The van der Waals surface area contributed by atoms with Crippen molar-refractivity contribution in [1.82, 2.24) is 9.47 Å². The molecule has 0 aliphatic carbocycles. The Bertz CT molecular complexity index is 1540. The van der Waals surface area contributed by atoms with E-state index in [-0.39, 0.29) is 23.5 Å². The number of carbonyl (C=O) groups is 2. The minimum Gasteiger partial charge on any atom is -0.444 e. The van der Waals surface area contributed by atoms with E-state index in [0.717, 1.165) is 11.3 Å². The lowest BCUT2D eigenvalue weighted by Crippen LogP contribution is -2.57. The second kappa shape index (κ2) is 9.52. The van der Waals surface area contributed by atoms with Crippen LogP contribution in [0.15, 0.2) is 71.5 Å². The van der Waals surface area contributed by atoms with Gasteiger partial charge in [0.25, 0.3) is 5.56 Å². The Morgan fingerprint density at radius 2 is 1.73 bits per heavy atom. The van der Waals surface area contributed by atoms with Gasteiger partial charge in [-0.15, -0.1) is 0 Å². The van der Waals surface area contributed by atoms with Crippen LogP contribution in [0.4, 0.5) is 9.80 Å². The van der Waals surface area contributed by atoms with Crippen molar-refractivity contribution in [1.29, 1.82) is 0 Å². The molecular weight excluding hydrogens is 486 g/mol. The first-order valence-corrected chi connectivity index (χ1v) is 13.0. The smallest absolute Gasteiger partial charge is 0.410 e. The van der Waals surface area contributed by atoms with Crippen molar-refractivity contribution in [2.45, 2.75) is 39.3 Å². The van der Waals surface area contributed by atoms with E-state index in [1.165, 1.54) is 17.4 Å². The summed E-state index contributed by atoms with van der Waals surface area (Å²) in [5, 5.41) is 4.88. The normalized spacial score (nSPS) is 13.9. The van der Waals surface area contributed by atoms with Crippen LogP contribution in [0.3, 0.4) is 0 Å². The van der Waals surface area contributed by atoms with Gasteiger partial charge in [0.1, 0.15) is 15.4 Å². The van der Waals surface area contributed by atoms with Crippen LogP contribution in [0.2, 0.25) is 0 Å². The molecule has 7 nitrogen and oxygen atoms in total. The summed E-state index contributed by atoms with van der Waals surface area (Å²) in [6, 6.07) is 20.1. The summed E-state index contributed by atoms with van der Waals surface area (Å²) < 4.78 is 7.11. The highest BCUT2D eigenvalue weighted by atomic mass is 32.1. The van der Waals surface area contributed by atoms with Crippen molar-refractivity contribution < 1.29 is 14.3 Å². The average molecular weight is 516 g/mol. The molecule has 1 aliphatic rings. The number of thiophene rings is 1. The van der Waals surface area contributed by atoms with Crippen molar-refractivity contribution >= 4 is 38.4 Å². The number of likely N-dealkylation sites (tertiary alicyclic amines) is 1. The molecule has 0 unspecified atom stereocenters. The van der Waals surface area contributed by atoms with Gasteiger partial charge in [-0.3, -0.25) is 14.2 Å². The van der Waals surface area contributed by atoms with Crippen LogP contribution in [0.5, 0.6) is 0 Å². The fraction of sp³-hybridized carbons (Fsp3) is 0.276. The van der Waals surface area contributed by atoms with Crippen LogP contribution < -0.4 is 10.9 Å². The van der Waals surface area contributed by atoms with E-state index in [1.54, 1.807) is 15.5 Å². The molecule has 0 radical (unpaired) electrons. The first-order chi connectivity index (χ1) is 17.6. The minimum atomic E-state index is -0.560. The summed E-state index contributed by atoms with van der Waals surface area (Å²) in [4.78, 5) is 41.5. The van der Waals surface area contributed by atoms with Crippen LogP contribution in [-0.4, -0.2) is 46.1 Å². The maximum Gasteiger partial charge on any atom is 0.410 e.